The molecule has 0 radical (unpaired) electrons. The van der Waals surface area contributed by atoms with Crippen LogP contribution in [0.2, 0.25) is 10.0 Å². The molecule has 0 atom stereocenters. The summed E-state index contributed by atoms with van der Waals surface area (Å²) in [5, 5.41) is 10.8. The number of halogens is 3. The van der Waals surface area contributed by atoms with Crippen molar-refractivity contribution < 1.29 is 19.1 Å². The highest BCUT2D eigenvalue weighted by atomic mass is 35.5. The van der Waals surface area contributed by atoms with E-state index < -0.39 is 12.6 Å². The fourth-order valence-corrected chi connectivity index (χ4v) is 1.95. The Morgan fingerprint density at radius 1 is 1.30 bits per heavy atom. The van der Waals surface area contributed by atoms with Crippen LogP contribution < -0.4 is 9.84 Å². The number of quaternary nitrogens is 1. The first-order valence-electron chi connectivity index (χ1n) is 5.80. The molecule has 0 spiro atoms. The Kier molecular flexibility index (Phi) is 8.98. The van der Waals surface area contributed by atoms with Gasteiger partial charge in [-0.1, -0.05) is 23.2 Å². The number of ether oxygens (including phenoxy) is 1. The molecule has 0 fully saturated rings. The summed E-state index contributed by atoms with van der Waals surface area (Å²) in [4.78, 5) is 10.0. The lowest BCUT2D eigenvalue weighted by Crippen LogP contribution is -2.35. The molecule has 0 bridgehead atoms. The van der Waals surface area contributed by atoms with Crippen LogP contribution in [0.3, 0.4) is 0 Å². The number of alkyl halides is 1. The van der Waals surface area contributed by atoms with E-state index in [-0.39, 0.29) is 10.8 Å². The first kappa shape index (κ1) is 19.3. The SMILES string of the molecule is C[N+](C)(C)CCCl.O=C([O-])COc1ccc(Cl)cc1Cl. The zero-order chi connectivity index (χ0) is 15.8. The zero-order valence-electron chi connectivity index (χ0n) is 11.7. The molecule has 20 heavy (non-hydrogen) atoms. The van der Waals surface area contributed by atoms with Gasteiger partial charge in [0.2, 0.25) is 0 Å². The van der Waals surface area contributed by atoms with E-state index in [4.69, 9.17) is 39.5 Å². The van der Waals surface area contributed by atoms with Crippen LogP contribution in [0.4, 0.5) is 0 Å². The Bertz CT molecular complexity index is 433. The normalized spacial score (nSPS) is 10.5. The minimum Gasteiger partial charge on any atom is -0.546 e. The predicted octanol–water partition coefficient (Wildman–Crippen LogP) is 2.05. The van der Waals surface area contributed by atoms with E-state index in [0.29, 0.717) is 5.02 Å². The van der Waals surface area contributed by atoms with Crippen molar-refractivity contribution in [2.24, 2.45) is 0 Å². The van der Waals surface area contributed by atoms with E-state index in [2.05, 4.69) is 21.1 Å². The van der Waals surface area contributed by atoms with Crippen molar-refractivity contribution in [1.82, 2.24) is 0 Å². The average molecular weight is 343 g/mol. The summed E-state index contributed by atoms with van der Waals surface area (Å²) >= 11 is 16.8. The highest BCUT2D eigenvalue weighted by Gasteiger charge is 2.02. The van der Waals surface area contributed by atoms with Crippen molar-refractivity contribution in [2.45, 2.75) is 0 Å². The van der Waals surface area contributed by atoms with Crippen LogP contribution >= 0.6 is 34.8 Å². The van der Waals surface area contributed by atoms with Crippen LogP contribution in [0.5, 0.6) is 5.75 Å². The zero-order valence-corrected chi connectivity index (χ0v) is 13.9. The summed E-state index contributed by atoms with van der Waals surface area (Å²) in [5.74, 6) is -0.273. The molecule has 0 aromatic heterocycles. The van der Waals surface area contributed by atoms with Gasteiger partial charge in [-0.2, -0.15) is 0 Å². The van der Waals surface area contributed by atoms with Crippen molar-refractivity contribution in [3.05, 3.63) is 28.2 Å². The molecule has 0 saturated carbocycles. The number of rotatable bonds is 5. The lowest BCUT2D eigenvalue weighted by atomic mass is 10.3. The van der Waals surface area contributed by atoms with Gasteiger partial charge >= 0.3 is 0 Å². The summed E-state index contributed by atoms with van der Waals surface area (Å²) in [7, 11) is 6.38. The molecule has 0 aliphatic heterocycles. The second kappa shape index (κ2) is 9.29. The van der Waals surface area contributed by atoms with Gasteiger partial charge in [-0.3, -0.25) is 0 Å². The third kappa shape index (κ3) is 10.1. The van der Waals surface area contributed by atoms with E-state index in [1.165, 1.54) is 12.1 Å². The quantitative estimate of drug-likeness (QED) is 0.608. The van der Waals surface area contributed by atoms with Gasteiger partial charge in [-0.05, 0) is 18.2 Å². The van der Waals surface area contributed by atoms with Gasteiger partial charge in [0.1, 0.15) is 12.4 Å². The molecule has 0 N–H and O–H groups in total. The molecule has 1 rings (SSSR count). The second-order valence-corrected chi connectivity index (χ2v) is 6.16. The fourth-order valence-electron chi connectivity index (χ4n) is 0.982. The molecule has 0 amide bonds. The molecule has 0 saturated heterocycles. The Morgan fingerprint density at radius 3 is 2.25 bits per heavy atom. The Balaban J connectivity index is 0.000000441. The fraction of sp³-hybridized carbons (Fsp3) is 0.462. The van der Waals surface area contributed by atoms with Crippen LogP contribution in [0, 0.1) is 0 Å². The third-order valence-corrected chi connectivity index (χ3v) is 2.69. The molecule has 0 unspecified atom stereocenters. The number of hydrogen-bond donors (Lipinski definition) is 0. The number of aliphatic carboxylic acids is 1. The Morgan fingerprint density at radius 2 is 1.90 bits per heavy atom. The summed E-state index contributed by atoms with van der Waals surface area (Å²) in [6.45, 7) is 0.517. The summed E-state index contributed by atoms with van der Waals surface area (Å²) in [5.41, 5.74) is 0. The minimum atomic E-state index is -1.30. The largest absolute Gasteiger partial charge is 0.546 e. The van der Waals surface area contributed by atoms with Gasteiger partial charge < -0.3 is 19.1 Å². The molecule has 4 nitrogen and oxygen atoms in total. The Hall–Kier alpha value is -0.680. The monoisotopic (exact) mass is 341 g/mol. The van der Waals surface area contributed by atoms with Gasteiger partial charge in [0.25, 0.3) is 0 Å². The lowest BCUT2D eigenvalue weighted by molar-refractivity contribution is -0.867. The topological polar surface area (TPSA) is 49.4 Å². The number of carboxylic acid groups (broad SMARTS) is 1. The summed E-state index contributed by atoms with van der Waals surface area (Å²) < 4.78 is 5.76. The highest BCUT2D eigenvalue weighted by Crippen LogP contribution is 2.27. The van der Waals surface area contributed by atoms with Gasteiger partial charge in [0.05, 0.1) is 44.6 Å². The molecule has 1 aromatic carbocycles. The van der Waals surface area contributed by atoms with Crippen LogP contribution in [0.25, 0.3) is 0 Å². The number of hydrogen-bond acceptors (Lipinski definition) is 3. The summed E-state index contributed by atoms with van der Waals surface area (Å²) in [6.07, 6.45) is 0. The molecular formula is C13H18Cl3NO3. The average Bonchev–Trinajstić information content (AvgIpc) is 2.26. The van der Waals surface area contributed by atoms with E-state index in [1.54, 1.807) is 6.07 Å². The molecule has 0 heterocycles. The van der Waals surface area contributed by atoms with Gasteiger partial charge in [-0.25, -0.2) is 0 Å². The van der Waals surface area contributed by atoms with Crippen LogP contribution in [0.1, 0.15) is 0 Å². The van der Waals surface area contributed by atoms with E-state index in [9.17, 15) is 9.90 Å². The van der Waals surface area contributed by atoms with Crippen LogP contribution in [-0.4, -0.2) is 50.6 Å². The van der Waals surface area contributed by atoms with E-state index in [0.717, 1.165) is 16.9 Å². The number of carbonyl (C=O) groups is 1. The maximum atomic E-state index is 10.0. The molecule has 0 aliphatic carbocycles. The smallest absolute Gasteiger partial charge is 0.138 e. The first-order valence-corrected chi connectivity index (χ1v) is 7.09. The van der Waals surface area contributed by atoms with Crippen molar-refractivity contribution >= 4 is 40.8 Å². The number of nitrogens with zero attached hydrogens (tertiary/aromatic N) is 1. The van der Waals surface area contributed by atoms with Gasteiger partial charge in [0, 0.05) is 5.02 Å². The van der Waals surface area contributed by atoms with Crippen molar-refractivity contribution in [1.29, 1.82) is 0 Å². The molecule has 114 valence electrons. The number of carboxylic acids is 1. The molecule has 7 heteroatoms. The Labute approximate surface area is 134 Å². The number of carbonyl (C=O) groups excluding carboxylic acids is 1. The van der Waals surface area contributed by atoms with Crippen molar-refractivity contribution in [2.75, 3.05) is 40.2 Å². The minimum absolute atomic E-state index is 0.272. The molecular weight excluding hydrogens is 325 g/mol. The van der Waals surface area contributed by atoms with Crippen LogP contribution in [-0.2, 0) is 4.79 Å². The second-order valence-electron chi connectivity index (χ2n) is 4.94. The van der Waals surface area contributed by atoms with E-state index in [1.807, 2.05) is 0 Å². The number of benzene rings is 1. The van der Waals surface area contributed by atoms with Crippen LogP contribution in [0.15, 0.2) is 18.2 Å². The molecule has 0 aliphatic rings. The standard InChI is InChI=1S/C8H6Cl2O3.C5H13ClN/c9-5-1-2-7(6(10)3-5)13-4-8(11)12;1-7(2,3)5-4-6/h1-3H,4H2,(H,11,12);4-5H2,1-3H3/q;+1/p-1. The predicted molar refractivity (Wildman–Crippen MR) is 80.6 cm³/mol. The lowest BCUT2D eigenvalue weighted by Gasteiger charge is -2.21. The highest BCUT2D eigenvalue weighted by molar-refractivity contribution is 6.35. The van der Waals surface area contributed by atoms with Gasteiger partial charge in [0.15, 0.2) is 0 Å². The van der Waals surface area contributed by atoms with E-state index >= 15 is 0 Å². The maximum absolute atomic E-state index is 10.0. The molecule has 1 aromatic rings. The van der Waals surface area contributed by atoms with Crippen molar-refractivity contribution in [3.8, 4) is 5.75 Å². The van der Waals surface area contributed by atoms with Crippen molar-refractivity contribution in [3.63, 3.8) is 0 Å². The maximum Gasteiger partial charge on any atom is 0.138 e. The van der Waals surface area contributed by atoms with Gasteiger partial charge in [-0.15, -0.1) is 11.6 Å². The third-order valence-electron chi connectivity index (χ3n) is 1.99. The first-order chi connectivity index (χ1) is 9.15. The summed E-state index contributed by atoms with van der Waals surface area (Å²) in [6, 6.07) is 4.51.